The van der Waals surface area contributed by atoms with E-state index in [1.807, 2.05) is 13.8 Å². The van der Waals surface area contributed by atoms with Crippen molar-refractivity contribution in [1.29, 1.82) is 0 Å². The van der Waals surface area contributed by atoms with Gasteiger partial charge in [0.05, 0.1) is 26.4 Å². The molecular weight excluding hydrogens is 252 g/mol. The lowest BCUT2D eigenvalue weighted by atomic mass is 9.90. The molecule has 0 spiro atoms. The highest BCUT2D eigenvalue weighted by Gasteiger charge is 2.28. The molecule has 0 amide bonds. The number of aliphatic hydroxyl groups excluding tert-OH is 1. The largest absolute Gasteiger partial charge is 0.475 e. The summed E-state index contributed by atoms with van der Waals surface area (Å²) in [6.07, 6.45) is 1.73. The number of carboxylic acid groups (broad SMARTS) is 1. The summed E-state index contributed by atoms with van der Waals surface area (Å²) in [5.74, 6) is -0.667. The molecule has 19 heavy (non-hydrogen) atoms. The van der Waals surface area contributed by atoms with E-state index in [0.29, 0.717) is 25.6 Å². The summed E-state index contributed by atoms with van der Waals surface area (Å²) in [6.45, 7) is 4.97. The number of carboxylic acids is 1. The summed E-state index contributed by atoms with van der Waals surface area (Å²) in [6, 6.07) is 0. The summed E-state index contributed by atoms with van der Waals surface area (Å²) in [5, 5.41) is 17.5. The van der Waals surface area contributed by atoms with Crippen molar-refractivity contribution >= 4 is 5.97 Å². The zero-order valence-corrected chi connectivity index (χ0v) is 11.4. The topological polar surface area (TPSA) is 85.2 Å². The zero-order chi connectivity index (χ0) is 14.3. The third kappa shape index (κ3) is 5.59. The van der Waals surface area contributed by atoms with Crippen molar-refractivity contribution in [2.45, 2.75) is 26.6 Å². The van der Waals surface area contributed by atoms with Crippen molar-refractivity contribution in [1.82, 2.24) is 0 Å². The fraction of sp³-hybridized carbons (Fsp3) is 0.769. The molecule has 0 saturated heterocycles. The minimum absolute atomic E-state index is 0.0265. The number of hydrogen-bond donors (Lipinski definition) is 2. The van der Waals surface area contributed by atoms with Crippen molar-refractivity contribution in [3.8, 4) is 0 Å². The van der Waals surface area contributed by atoms with Crippen molar-refractivity contribution in [3.05, 3.63) is 11.8 Å². The van der Waals surface area contributed by atoms with E-state index < -0.39 is 12.3 Å². The van der Waals surface area contributed by atoms with E-state index in [4.69, 9.17) is 24.4 Å². The number of carbonyl (C=O) groups is 1. The monoisotopic (exact) mass is 274 g/mol. The minimum Gasteiger partial charge on any atom is -0.475 e. The average molecular weight is 274 g/mol. The first kappa shape index (κ1) is 15.9. The van der Waals surface area contributed by atoms with Gasteiger partial charge in [-0.25, -0.2) is 4.79 Å². The standard InChI is InChI=1S/C13H22O6/c1-9(2)10-7-11(13(15)16)19-12(8-10)18-6-5-17-4-3-14/h7,9-10,12,14H,3-6,8H2,1-2H3,(H,15,16)/t10-,12+/m0/s1. The van der Waals surface area contributed by atoms with Crippen LogP contribution >= 0.6 is 0 Å². The van der Waals surface area contributed by atoms with E-state index >= 15 is 0 Å². The molecular formula is C13H22O6. The Balaban J connectivity index is 2.43. The van der Waals surface area contributed by atoms with E-state index in [2.05, 4.69) is 0 Å². The predicted octanol–water partition coefficient (Wildman–Crippen LogP) is 0.999. The molecule has 0 aromatic rings. The quantitative estimate of drug-likeness (QED) is 0.642. The number of aliphatic carboxylic acids is 1. The normalized spacial score (nSPS) is 23.1. The molecule has 0 fully saturated rings. The van der Waals surface area contributed by atoms with Gasteiger partial charge in [-0.15, -0.1) is 0 Å². The van der Waals surface area contributed by atoms with Gasteiger partial charge in [-0.05, 0) is 17.9 Å². The third-order valence-corrected chi connectivity index (χ3v) is 2.92. The van der Waals surface area contributed by atoms with Crippen molar-refractivity contribution in [3.63, 3.8) is 0 Å². The van der Waals surface area contributed by atoms with E-state index in [9.17, 15) is 4.79 Å². The average Bonchev–Trinajstić information content (AvgIpc) is 2.38. The van der Waals surface area contributed by atoms with E-state index in [1.54, 1.807) is 6.08 Å². The SMILES string of the molecule is CC(C)[C@H]1C=C(C(=O)O)O[C@@H](OCCOCCO)C1. The molecule has 2 atom stereocenters. The molecule has 1 heterocycles. The Labute approximate surface area is 113 Å². The van der Waals surface area contributed by atoms with Gasteiger partial charge in [0.15, 0.2) is 0 Å². The lowest BCUT2D eigenvalue weighted by molar-refractivity contribution is -0.163. The van der Waals surface area contributed by atoms with Crippen LogP contribution in [0.15, 0.2) is 11.8 Å². The van der Waals surface area contributed by atoms with Crippen LogP contribution in [0.25, 0.3) is 0 Å². The highest BCUT2D eigenvalue weighted by molar-refractivity contribution is 5.84. The van der Waals surface area contributed by atoms with Gasteiger partial charge in [-0.3, -0.25) is 0 Å². The molecule has 1 aliphatic heterocycles. The molecule has 6 nitrogen and oxygen atoms in total. The molecule has 2 N–H and O–H groups in total. The summed E-state index contributed by atoms with van der Waals surface area (Å²) >= 11 is 0. The molecule has 0 aromatic carbocycles. The fourth-order valence-corrected chi connectivity index (χ4v) is 1.81. The maximum absolute atomic E-state index is 11.0. The van der Waals surface area contributed by atoms with Gasteiger partial charge < -0.3 is 24.4 Å². The summed E-state index contributed by atoms with van der Waals surface area (Å²) in [7, 11) is 0. The number of aliphatic hydroxyl groups is 1. The van der Waals surface area contributed by atoms with Gasteiger partial charge in [0.2, 0.25) is 12.0 Å². The van der Waals surface area contributed by atoms with Crippen LogP contribution in [0.1, 0.15) is 20.3 Å². The van der Waals surface area contributed by atoms with E-state index in [1.165, 1.54) is 0 Å². The lowest BCUT2D eigenvalue weighted by Gasteiger charge is -2.29. The first-order valence-corrected chi connectivity index (χ1v) is 6.46. The summed E-state index contributed by atoms with van der Waals surface area (Å²) < 4.78 is 15.8. The Morgan fingerprint density at radius 2 is 2.21 bits per heavy atom. The Morgan fingerprint density at radius 1 is 1.47 bits per heavy atom. The molecule has 0 unspecified atom stereocenters. The Hall–Kier alpha value is -1.11. The fourth-order valence-electron chi connectivity index (χ4n) is 1.81. The number of rotatable bonds is 8. The van der Waals surface area contributed by atoms with Crippen LogP contribution < -0.4 is 0 Å². The summed E-state index contributed by atoms with van der Waals surface area (Å²) in [4.78, 5) is 11.0. The lowest BCUT2D eigenvalue weighted by Crippen LogP contribution is -2.30. The number of hydrogen-bond acceptors (Lipinski definition) is 5. The van der Waals surface area contributed by atoms with Gasteiger partial charge in [-0.1, -0.05) is 13.8 Å². The third-order valence-electron chi connectivity index (χ3n) is 2.92. The Kier molecular flexibility index (Phi) is 6.83. The maximum atomic E-state index is 11.0. The second-order valence-electron chi connectivity index (χ2n) is 4.73. The van der Waals surface area contributed by atoms with E-state index in [0.717, 1.165) is 0 Å². The van der Waals surface area contributed by atoms with Crippen molar-refractivity contribution < 1.29 is 29.2 Å². The van der Waals surface area contributed by atoms with Crippen LogP contribution in [0.5, 0.6) is 0 Å². The minimum atomic E-state index is -1.07. The second kappa shape index (κ2) is 8.14. The molecule has 0 saturated carbocycles. The summed E-state index contributed by atoms with van der Waals surface area (Å²) in [5.41, 5.74) is 0. The zero-order valence-electron chi connectivity index (χ0n) is 11.4. The van der Waals surface area contributed by atoms with Crippen LogP contribution in [-0.4, -0.2) is 48.9 Å². The molecule has 1 rings (SSSR count). The van der Waals surface area contributed by atoms with Crippen LogP contribution in [0, 0.1) is 11.8 Å². The highest BCUT2D eigenvalue weighted by atomic mass is 16.7. The highest BCUT2D eigenvalue weighted by Crippen LogP contribution is 2.28. The van der Waals surface area contributed by atoms with Crippen LogP contribution in [0.3, 0.4) is 0 Å². The van der Waals surface area contributed by atoms with Crippen molar-refractivity contribution in [2.24, 2.45) is 11.8 Å². The van der Waals surface area contributed by atoms with Gasteiger partial charge in [-0.2, -0.15) is 0 Å². The number of ether oxygens (including phenoxy) is 3. The van der Waals surface area contributed by atoms with Gasteiger partial charge in [0.1, 0.15) is 0 Å². The molecule has 110 valence electrons. The first-order chi connectivity index (χ1) is 9.04. The van der Waals surface area contributed by atoms with Crippen LogP contribution in [0.2, 0.25) is 0 Å². The maximum Gasteiger partial charge on any atom is 0.370 e. The Bertz CT molecular complexity index is 312. The number of allylic oxidation sites excluding steroid dienone is 1. The Morgan fingerprint density at radius 3 is 2.79 bits per heavy atom. The van der Waals surface area contributed by atoms with Crippen LogP contribution in [-0.2, 0) is 19.0 Å². The smallest absolute Gasteiger partial charge is 0.370 e. The van der Waals surface area contributed by atoms with Crippen LogP contribution in [0.4, 0.5) is 0 Å². The molecule has 0 aliphatic carbocycles. The molecule has 0 radical (unpaired) electrons. The van der Waals surface area contributed by atoms with Gasteiger partial charge in [0, 0.05) is 6.42 Å². The first-order valence-electron chi connectivity index (χ1n) is 6.46. The van der Waals surface area contributed by atoms with Gasteiger partial charge in [0.25, 0.3) is 0 Å². The molecule has 6 heteroatoms. The van der Waals surface area contributed by atoms with E-state index in [-0.39, 0.29) is 24.9 Å². The molecule has 1 aliphatic rings. The second-order valence-corrected chi connectivity index (χ2v) is 4.73. The predicted molar refractivity (Wildman–Crippen MR) is 67.4 cm³/mol. The molecule has 0 bridgehead atoms. The van der Waals surface area contributed by atoms with Crippen molar-refractivity contribution in [2.75, 3.05) is 26.4 Å². The molecule has 0 aromatic heterocycles. The van der Waals surface area contributed by atoms with Gasteiger partial charge >= 0.3 is 5.97 Å².